The number of nitrogens with zero attached hydrogens (tertiary/aromatic N) is 1. The van der Waals surface area contributed by atoms with Crippen LogP contribution in [0.15, 0.2) is 24.3 Å². The van der Waals surface area contributed by atoms with Crippen LogP contribution in [0.1, 0.15) is 45.4 Å². The summed E-state index contributed by atoms with van der Waals surface area (Å²) in [7, 11) is 0. The SMILES string of the molecule is CC1CCCC(NC(=O)Nc2ccccc2N2CCCC2)C1. The standard InChI is InChI=1S/C18H27N3O/c1-14-7-6-8-15(13-14)19-18(22)20-16-9-2-3-10-17(16)21-11-4-5-12-21/h2-3,9-10,14-15H,4-8,11-13H2,1H3,(H2,19,20,22). The van der Waals surface area contributed by atoms with Gasteiger partial charge in [-0.05, 0) is 43.7 Å². The van der Waals surface area contributed by atoms with E-state index in [2.05, 4.69) is 28.5 Å². The minimum absolute atomic E-state index is 0.0641. The molecule has 1 heterocycles. The predicted molar refractivity (Wildman–Crippen MR) is 91.5 cm³/mol. The number of hydrogen-bond acceptors (Lipinski definition) is 2. The smallest absolute Gasteiger partial charge is 0.319 e. The first-order valence-electron chi connectivity index (χ1n) is 8.64. The Kier molecular flexibility index (Phi) is 4.86. The zero-order chi connectivity index (χ0) is 15.4. The van der Waals surface area contributed by atoms with E-state index in [0.717, 1.165) is 43.2 Å². The van der Waals surface area contributed by atoms with Gasteiger partial charge in [0.2, 0.25) is 0 Å². The molecule has 2 amide bonds. The lowest BCUT2D eigenvalue weighted by Gasteiger charge is -2.28. The highest BCUT2D eigenvalue weighted by Crippen LogP contribution is 2.29. The Morgan fingerprint density at radius 3 is 2.68 bits per heavy atom. The maximum Gasteiger partial charge on any atom is 0.319 e. The number of amides is 2. The highest BCUT2D eigenvalue weighted by molar-refractivity contribution is 5.93. The highest BCUT2D eigenvalue weighted by atomic mass is 16.2. The summed E-state index contributed by atoms with van der Waals surface area (Å²) < 4.78 is 0. The number of hydrogen-bond donors (Lipinski definition) is 2. The van der Waals surface area contributed by atoms with Crippen molar-refractivity contribution in [3.8, 4) is 0 Å². The number of urea groups is 1. The lowest BCUT2D eigenvalue weighted by Crippen LogP contribution is -2.40. The first kappa shape index (κ1) is 15.2. The molecular formula is C18H27N3O. The van der Waals surface area contributed by atoms with E-state index in [1.807, 2.05) is 18.2 Å². The van der Waals surface area contributed by atoms with Gasteiger partial charge in [-0.2, -0.15) is 0 Å². The number of carbonyl (C=O) groups excluding carboxylic acids is 1. The Morgan fingerprint density at radius 2 is 1.91 bits per heavy atom. The summed E-state index contributed by atoms with van der Waals surface area (Å²) in [5.74, 6) is 0.718. The van der Waals surface area contributed by atoms with Crippen LogP contribution < -0.4 is 15.5 Å². The molecule has 0 spiro atoms. The monoisotopic (exact) mass is 301 g/mol. The number of anilines is 2. The van der Waals surface area contributed by atoms with E-state index in [9.17, 15) is 4.79 Å². The van der Waals surface area contributed by atoms with Crippen molar-refractivity contribution >= 4 is 17.4 Å². The summed E-state index contributed by atoms with van der Waals surface area (Å²) >= 11 is 0. The summed E-state index contributed by atoms with van der Waals surface area (Å²) in [6.07, 6.45) is 7.18. The lowest BCUT2D eigenvalue weighted by atomic mass is 9.87. The molecule has 2 aliphatic rings. The minimum Gasteiger partial charge on any atom is -0.370 e. The van der Waals surface area contributed by atoms with E-state index in [-0.39, 0.29) is 6.03 Å². The summed E-state index contributed by atoms with van der Waals surface area (Å²) in [6, 6.07) is 8.38. The van der Waals surface area contributed by atoms with Crippen LogP contribution in [-0.2, 0) is 0 Å². The van der Waals surface area contributed by atoms with Crippen LogP contribution >= 0.6 is 0 Å². The molecule has 1 saturated heterocycles. The number of para-hydroxylation sites is 2. The number of rotatable bonds is 3. The van der Waals surface area contributed by atoms with Gasteiger partial charge in [0.15, 0.2) is 0 Å². The number of benzene rings is 1. The fourth-order valence-corrected chi connectivity index (χ4v) is 3.72. The Hall–Kier alpha value is -1.71. The zero-order valence-electron chi connectivity index (χ0n) is 13.5. The van der Waals surface area contributed by atoms with Crippen LogP contribution in [0.4, 0.5) is 16.2 Å². The Balaban J connectivity index is 1.61. The molecule has 0 bridgehead atoms. The normalized spacial score (nSPS) is 25.0. The third kappa shape index (κ3) is 3.73. The summed E-state index contributed by atoms with van der Waals surface area (Å²) in [6.45, 7) is 4.44. The van der Waals surface area contributed by atoms with Crippen LogP contribution in [-0.4, -0.2) is 25.2 Å². The average Bonchev–Trinajstić information content (AvgIpc) is 3.02. The van der Waals surface area contributed by atoms with Crippen molar-refractivity contribution in [3.05, 3.63) is 24.3 Å². The van der Waals surface area contributed by atoms with E-state index in [1.54, 1.807) is 0 Å². The van der Waals surface area contributed by atoms with Gasteiger partial charge in [0.25, 0.3) is 0 Å². The molecule has 4 heteroatoms. The van der Waals surface area contributed by atoms with Crippen molar-refractivity contribution in [1.82, 2.24) is 5.32 Å². The van der Waals surface area contributed by atoms with E-state index >= 15 is 0 Å². The molecule has 1 aliphatic heterocycles. The summed E-state index contributed by atoms with van der Waals surface area (Å²) in [4.78, 5) is 14.7. The highest BCUT2D eigenvalue weighted by Gasteiger charge is 2.21. The van der Waals surface area contributed by atoms with Crippen LogP contribution in [0.3, 0.4) is 0 Å². The number of nitrogens with one attached hydrogen (secondary N) is 2. The van der Waals surface area contributed by atoms with Gasteiger partial charge in [-0.3, -0.25) is 0 Å². The zero-order valence-corrected chi connectivity index (χ0v) is 13.5. The van der Waals surface area contributed by atoms with Gasteiger partial charge in [0.05, 0.1) is 11.4 Å². The minimum atomic E-state index is -0.0641. The van der Waals surface area contributed by atoms with Gasteiger partial charge in [-0.1, -0.05) is 31.9 Å². The third-order valence-electron chi connectivity index (χ3n) is 4.87. The molecule has 2 unspecified atom stereocenters. The second kappa shape index (κ2) is 7.03. The van der Waals surface area contributed by atoms with Gasteiger partial charge in [0, 0.05) is 19.1 Å². The average molecular weight is 301 g/mol. The van der Waals surface area contributed by atoms with Crippen LogP contribution in [0.2, 0.25) is 0 Å². The Morgan fingerprint density at radius 1 is 1.14 bits per heavy atom. The van der Waals surface area contributed by atoms with E-state index in [1.165, 1.54) is 25.7 Å². The van der Waals surface area contributed by atoms with Crippen molar-refractivity contribution in [3.63, 3.8) is 0 Å². The van der Waals surface area contributed by atoms with Crippen molar-refractivity contribution in [2.24, 2.45) is 5.92 Å². The van der Waals surface area contributed by atoms with Crippen LogP contribution in [0.5, 0.6) is 0 Å². The molecule has 0 aromatic heterocycles. The molecule has 2 fully saturated rings. The second-order valence-corrected chi connectivity index (χ2v) is 6.78. The second-order valence-electron chi connectivity index (χ2n) is 6.78. The molecule has 0 radical (unpaired) electrons. The van der Waals surface area contributed by atoms with E-state index in [4.69, 9.17) is 0 Å². The van der Waals surface area contributed by atoms with Gasteiger partial charge in [-0.15, -0.1) is 0 Å². The molecule has 1 aromatic carbocycles. The van der Waals surface area contributed by atoms with Crippen LogP contribution in [0, 0.1) is 5.92 Å². The summed E-state index contributed by atoms with van der Waals surface area (Å²) in [5, 5.41) is 6.20. The van der Waals surface area contributed by atoms with Crippen molar-refractivity contribution in [1.29, 1.82) is 0 Å². The van der Waals surface area contributed by atoms with Gasteiger partial charge in [0.1, 0.15) is 0 Å². The first-order valence-corrected chi connectivity index (χ1v) is 8.64. The lowest BCUT2D eigenvalue weighted by molar-refractivity contribution is 0.238. The largest absolute Gasteiger partial charge is 0.370 e. The molecule has 120 valence electrons. The molecule has 1 aromatic rings. The fourth-order valence-electron chi connectivity index (χ4n) is 3.72. The molecule has 22 heavy (non-hydrogen) atoms. The molecular weight excluding hydrogens is 274 g/mol. The first-order chi connectivity index (χ1) is 10.7. The van der Waals surface area contributed by atoms with Crippen LogP contribution in [0.25, 0.3) is 0 Å². The van der Waals surface area contributed by atoms with Gasteiger partial charge >= 0.3 is 6.03 Å². The Bertz CT molecular complexity index is 511. The molecule has 4 nitrogen and oxygen atoms in total. The van der Waals surface area contributed by atoms with Crippen molar-refractivity contribution < 1.29 is 4.79 Å². The third-order valence-corrected chi connectivity index (χ3v) is 4.87. The molecule has 2 N–H and O–H groups in total. The molecule has 2 atom stereocenters. The van der Waals surface area contributed by atoms with Gasteiger partial charge < -0.3 is 15.5 Å². The predicted octanol–water partition coefficient (Wildman–Crippen LogP) is 3.99. The van der Waals surface area contributed by atoms with Crippen molar-refractivity contribution in [2.75, 3.05) is 23.3 Å². The fraction of sp³-hybridized carbons (Fsp3) is 0.611. The van der Waals surface area contributed by atoms with Gasteiger partial charge in [-0.25, -0.2) is 4.79 Å². The summed E-state index contributed by atoms with van der Waals surface area (Å²) in [5.41, 5.74) is 2.07. The van der Waals surface area contributed by atoms with Crippen molar-refractivity contribution in [2.45, 2.75) is 51.5 Å². The molecule has 3 rings (SSSR count). The topological polar surface area (TPSA) is 44.4 Å². The molecule has 1 aliphatic carbocycles. The van der Waals surface area contributed by atoms with E-state index < -0.39 is 0 Å². The molecule has 1 saturated carbocycles. The maximum absolute atomic E-state index is 12.3. The quantitative estimate of drug-likeness (QED) is 0.886. The Labute approximate surface area is 133 Å². The maximum atomic E-state index is 12.3. The number of carbonyl (C=O) groups is 1. The van der Waals surface area contributed by atoms with E-state index in [0.29, 0.717) is 6.04 Å².